The van der Waals surface area contributed by atoms with Crippen LogP contribution in [0, 0.1) is 17.8 Å². The van der Waals surface area contributed by atoms with E-state index in [1.54, 1.807) is 12.3 Å². The SMILES string of the molecule is O=C(N[C@H]1CC2(CCN(C[C@@H]3C[C@H]4C=C[C@H]3C4)CC2)c2ccccc21)c1ccoc1.[HH]. The summed E-state index contributed by atoms with van der Waals surface area (Å²) in [5, 5.41) is 3.28. The van der Waals surface area contributed by atoms with Gasteiger partial charge in [0.2, 0.25) is 0 Å². The summed E-state index contributed by atoms with van der Waals surface area (Å²) in [6, 6.07) is 10.6. The molecule has 4 nitrogen and oxygen atoms in total. The van der Waals surface area contributed by atoms with Crippen molar-refractivity contribution in [3.8, 4) is 0 Å². The molecule has 1 aromatic heterocycles. The Morgan fingerprint density at radius 2 is 2.03 bits per heavy atom. The summed E-state index contributed by atoms with van der Waals surface area (Å²) >= 11 is 0. The topological polar surface area (TPSA) is 45.5 Å². The highest BCUT2D eigenvalue weighted by atomic mass is 16.3. The first kappa shape index (κ1) is 18.4. The van der Waals surface area contributed by atoms with Gasteiger partial charge in [-0.15, -0.1) is 0 Å². The minimum absolute atomic E-state index is 0. The minimum atomic E-state index is -0.0395. The predicted molar refractivity (Wildman–Crippen MR) is 118 cm³/mol. The van der Waals surface area contributed by atoms with Crippen LogP contribution in [0.5, 0.6) is 0 Å². The van der Waals surface area contributed by atoms with Gasteiger partial charge < -0.3 is 14.6 Å². The van der Waals surface area contributed by atoms with Crippen LogP contribution in [0.3, 0.4) is 0 Å². The van der Waals surface area contributed by atoms with Crippen molar-refractivity contribution in [2.24, 2.45) is 17.8 Å². The van der Waals surface area contributed by atoms with E-state index in [0.717, 1.165) is 24.2 Å². The Bertz CT molecular complexity index is 962. The Morgan fingerprint density at radius 3 is 2.77 bits per heavy atom. The molecule has 1 saturated heterocycles. The molecule has 30 heavy (non-hydrogen) atoms. The number of nitrogens with zero attached hydrogens (tertiary/aromatic N) is 1. The van der Waals surface area contributed by atoms with Gasteiger partial charge in [-0.05, 0) is 80.1 Å². The van der Waals surface area contributed by atoms with Crippen LogP contribution in [-0.2, 0) is 5.41 Å². The number of allylic oxidation sites excluding steroid dienone is 2. The Balaban J connectivity index is 0.00000204. The summed E-state index contributed by atoms with van der Waals surface area (Å²) in [5.41, 5.74) is 3.57. The Hall–Kier alpha value is -2.33. The number of rotatable bonds is 4. The summed E-state index contributed by atoms with van der Waals surface area (Å²) in [4.78, 5) is 15.4. The van der Waals surface area contributed by atoms with Crippen molar-refractivity contribution in [3.05, 3.63) is 71.7 Å². The van der Waals surface area contributed by atoms with Crippen molar-refractivity contribution in [3.63, 3.8) is 0 Å². The third-order valence-electron chi connectivity index (χ3n) is 8.31. The number of fused-ring (bicyclic) bond motifs is 4. The number of benzene rings is 1. The van der Waals surface area contributed by atoms with Crippen LogP contribution in [0.1, 0.15) is 61.1 Å². The molecule has 3 aliphatic carbocycles. The highest BCUT2D eigenvalue weighted by Gasteiger charge is 2.46. The quantitative estimate of drug-likeness (QED) is 0.734. The minimum Gasteiger partial charge on any atom is -0.472 e. The fourth-order valence-electron chi connectivity index (χ4n) is 6.73. The lowest BCUT2D eigenvalue weighted by molar-refractivity contribution is 0.0920. The largest absolute Gasteiger partial charge is 0.472 e. The number of piperidine rings is 1. The summed E-state index contributed by atoms with van der Waals surface area (Å²) in [6.45, 7) is 3.62. The first-order valence-corrected chi connectivity index (χ1v) is 11.5. The van der Waals surface area contributed by atoms with Crippen LogP contribution in [0.4, 0.5) is 0 Å². The van der Waals surface area contributed by atoms with E-state index in [1.165, 1.54) is 62.7 Å². The molecule has 1 aromatic carbocycles. The number of carbonyl (C=O) groups is 1. The molecule has 6 rings (SSSR count). The number of amides is 1. The van der Waals surface area contributed by atoms with Gasteiger partial charge in [-0.1, -0.05) is 36.4 Å². The molecule has 1 N–H and O–H groups in total. The van der Waals surface area contributed by atoms with Gasteiger partial charge in [-0.2, -0.15) is 0 Å². The van der Waals surface area contributed by atoms with Crippen LogP contribution >= 0.6 is 0 Å². The van der Waals surface area contributed by atoms with Crippen LogP contribution in [0.2, 0.25) is 0 Å². The molecule has 1 amide bonds. The second kappa shape index (κ2) is 7.12. The molecule has 1 aliphatic heterocycles. The maximum Gasteiger partial charge on any atom is 0.255 e. The van der Waals surface area contributed by atoms with E-state index in [2.05, 4.69) is 46.6 Å². The van der Waals surface area contributed by atoms with Crippen molar-refractivity contribution in [2.75, 3.05) is 19.6 Å². The molecule has 2 heterocycles. The Kier molecular flexibility index (Phi) is 4.38. The van der Waals surface area contributed by atoms with E-state index < -0.39 is 0 Å². The number of furan rings is 1. The van der Waals surface area contributed by atoms with Crippen molar-refractivity contribution >= 4 is 5.91 Å². The zero-order chi connectivity index (χ0) is 20.1. The maximum atomic E-state index is 12.7. The normalized spacial score (nSPS) is 31.3. The molecule has 2 aromatic rings. The summed E-state index contributed by atoms with van der Waals surface area (Å²) in [7, 11) is 0. The van der Waals surface area contributed by atoms with Crippen LogP contribution in [-0.4, -0.2) is 30.4 Å². The number of hydrogen-bond acceptors (Lipinski definition) is 3. The van der Waals surface area contributed by atoms with E-state index in [0.29, 0.717) is 5.56 Å². The van der Waals surface area contributed by atoms with Gasteiger partial charge >= 0.3 is 0 Å². The van der Waals surface area contributed by atoms with Gasteiger partial charge in [0.15, 0.2) is 0 Å². The molecule has 4 atom stereocenters. The van der Waals surface area contributed by atoms with E-state index in [1.807, 2.05) is 0 Å². The highest BCUT2D eigenvalue weighted by Crippen LogP contribution is 2.51. The average Bonchev–Trinajstić information content (AvgIpc) is 3.56. The predicted octanol–water partition coefficient (Wildman–Crippen LogP) is 4.95. The molecule has 1 saturated carbocycles. The van der Waals surface area contributed by atoms with Crippen molar-refractivity contribution in [1.29, 1.82) is 0 Å². The van der Waals surface area contributed by atoms with Gasteiger partial charge in [-0.25, -0.2) is 0 Å². The maximum absolute atomic E-state index is 12.7. The highest BCUT2D eigenvalue weighted by molar-refractivity contribution is 5.94. The van der Waals surface area contributed by atoms with E-state index in [9.17, 15) is 4.79 Å². The molecule has 4 aliphatic rings. The summed E-state index contributed by atoms with van der Waals surface area (Å²) in [6.07, 6.45) is 14.2. The molecular formula is C26H32N2O2. The first-order chi connectivity index (χ1) is 14.7. The Labute approximate surface area is 179 Å². The number of carbonyl (C=O) groups excluding carboxylic acids is 1. The van der Waals surface area contributed by atoms with Gasteiger partial charge in [0.05, 0.1) is 17.9 Å². The molecule has 158 valence electrons. The molecule has 4 heteroatoms. The van der Waals surface area contributed by atoms with Crippen molar-refractivity contribution in [1.82, 2.24) is 10.2 Å². The van der Waals surface area contributed by atoms with Crippen LogP contribution in [0.25, 0.3) is 0 Å². The van der Waals surface area contributed by atoms with Crippen LogP contribution in [0.15, 0.2) is 59.4 Å². The van der Waals surface area contributed by atoms with Gasteiger partial charge in [0.1, 0.15) is 6.26 Å². The zero-order valence-corrected chi connectivity index (χ0v) is 17.4. The van der Waals surface area contributed by atoms with Gasteiger partial charge in [0.25, 0.3) is 5.91 Å². The average molecular weight is 405 g/mol. The molecule has 0 unspecified atom stereocenters. The number of likely N-dealkylation sites (tertiary alicyclic amines) is 1. The fraction of sp³-hybridized carbons (Fsp3) is 0.500. The van der Waals surface area contributed by atoms with E-state index in [4.69, 9.17) is 4.42 Å². The van der Waals surface area contributed by atoms with E-state index >= 15 is 0 Å². The molecule has 2 bridgehead atoms. The number of nitrogens with one attached hydrogen (secondary N) is 1. The smallest absolute Gasteiger partial charge is 0.255 e. The second-order valence-electron chi connectivity index (χ2n) is 9.95. The molecule has 0 radical (unpaired) electrons. The Morgan fingerprint density at radius 1 is 1.17 bits per heavy atom. The van der Waals surface area contributed by atoms with Gasteiger partial charge in [-0.3, -0.25) is 4.79 Å². The van der Waals surface area contributed by atoms with Crippen LogP contribution < -0.4 is 5.32 Å². The van der Waals surface area contributed by atoms with Crippen molar-refractivity contribution < 1.29 is 10.6 Å². The lowest BCUT2D eigenvalue weighted by atomic mass is 9.73. The summed E-state index contributed by atoms with van der Waals surface area (Å²) < 4.78 is 5.09. The lowest BCUT2D eigenvalue weighted by Gasteiger charge is -2.41. The zero-order valence-electron chi connectivity index (χ0n) is 17.4. The lowest BCUT2D eigenvalue weighted by Crippen LogP contribution is -2.44. The standard InChI is InChI=1S/C26H30N2O2.H2/c29-25(20-7-12-30-17-20)27-24-15-26(23-4-2-1-3-22(23)24)8-10-28(11-9-26)16-21-14-18-5-6-19(21)13-18;/h1-7,12,17-19,21,24H,8-11,13-16H2,(H,27,29);1H/t18-,19-,21-,24-;/m0./s1. The molecular weight excluding hydrogens is 372 g/mol. The van der Waals surface area contributed by atoms with Crippen molar-refractivity contribution in [2.45, 2.75) is 43.6 Å². The third kappa shape index (κ3) is 3.04. The molecule has 2 fully saturated rings. The fourth-order valence-corrected chi connectivity index (χ4v) is 6.73. The first-order valence-electron chi connectivity index (χ1n) is 11.5. The van der Waals surface area contributed by atoms with E-state index in [-0.39, 0.29) is 18.8 Å². The molecule has 1 spiro atoms. The van der Waals surface area contributed by atoms with Gasteiger partial charge in [0, 0.05) is 13.4 Å². The third-order valence-corrected chi connectivity index (χ3v) is 8.31. The monoisotopic (exact) mass is 404 g/mol. The number of hydrogen-bond donors (Lipinski definition) is 1. The second-order valence-corrected chi connectivity index (χ2v) is 9.95. The summed E-state index contributed by atoms with van der Waals surface area (Å²) in [5.74, 6) is 2.52.